The highest BCUT2D eigenvalue weighted by Crippen LogP contribution is 2.37. The Morgan fingerprint density at radius 1 is 0.409 bits per heavy atom. The van der Waals surface area contributed by atoms with Crippen molar-refractivity contribution in [3.05, 3.63) is 160 Å². The van der Waals surface area contributed by atoms with E-state index in [-0.39, 0.29) is 21.8 Å². The molecule has 0 saturated carbocycles. The number of benzene rings is 6. The van der Waals surface area contributed by atoms with Crippen LogP contribution in [0.15, 0.2) is 174 Å². The van der Waals surface area contributed by atoms with Crippen LogP contribution in [-0.4, -0.2) is 0 Å². The summed E-state index contributed by atoms with van der Waals surface area (Å²) < 4.78 is 4.04. The van der Waals surface area contributed by atoms with E-state index in [2.05, 4.69) is 78.9 Å². The topological polar surface area (TPSA) is 34.1 Å². The number of hydrogen-bond acceptors (Lipinski definition) is 5. The van der Waals surface area contributed by atoms with Crippen molar-refractivity contribution in [2.75, 3.05) is 0 Å². The Labute approximate surface area is 268 Å². The molecule has 44 heavy (non-hydrogen) atoms. The molecule has 0 spiro atoms. The summed E-state index contributed by atoms with van der Waals surface area (Å²) in [5.41, 5.74) is 0.175. The molecule has 0 amide bonds. The van der Waals surface area contributed by atoms with Crippen LogP contribution in [0.3, 0.4) is 0 Å². The zero-order valence-corrected chi connectivity index (χ0v) is 26.5. The Bertz CT molecular complexity index is 2460. The van der Waals surface area contributed by atoms with E-state index < -0.39 is 0 Å². The molecule has 8 aromatic rings. The summed E-state index contributed by atoms with van der Waals surface area (Å²) in [6.45, 7) is 0. The molecule has 2 nitrogen and oxygen atoms in total. The van der Waals surface area contributed by atoms with Crippen molar-refractivity contribution >= 4 is 85.7 Å². The van der Waals surface area contributed by atoms with Crippen molar-refractivity contribution in [1.82, 2.24) is 0 Å². The fourth-order valence-corrected chi connectivity index (χ4v) is 10.6. The van der Waals surface area contributed by atoms with Gasteiger partial charge in [0.2, 0.25) is 0 Å². The molecule has 8 rings (SSSR count). The molecule has 210 valence electrons. The number of hydrogen-bond donors (Lipinski definition) is 0. The SMILES string of the molecule is O=c1c2ccccc2sc2ccc(Sc3ccc([S+](c4ccccc4)c4ccc5sc6ccccc6c(=O)c5c4)cc3)cc12. The van der Waals surface area contributed by atoms with E-state index in [4.69, 9.17) is 0 Å². The van der Waals surface area contributed by atoms with Crippen molar-refractivity contribution in [2.45, 2.75) is 24.5 Å². The zero-order valence-electron chi connectivity index (χ0n) is 23.2. The van der Waals surface area contributed by atoms with Gasteiger partial charge in [-0.15, -0.1) is 22.7 Å². The molecule has 2 aromatic heterocycles. The highest BCUT2D eigenvalue weighted by molar-refractivity contribution is 7.99. The lowest BCUT2D eigenvalue weighted by Crippen LogP contribution is -2.07. The summed E-state index contributed by atoms with van der Waals surface area (Å²) in [6, 6.07) is 47.4. The monoisotopic (exact) mass is 639 g/mol. The van der Waals surface area contributed by atoms with E-state index >= 15 is 0 Å². The maximum Gasteiger partial charge on any atom is 0.196 e. The molecule has 1 atom stereocenters. The smallest absolute Gasteiger partial charge is 0.196 e. The third-order valence-electron chi connectivity index (χ3n) is 7.60. The normalized spacial score (nSPS) is 12.3. The highest BCUT2D eigenvalue weighted by Gasteiger charge is 2.29. The molecule has 0 N–H and O–H groups in total. The molecule has 1 unspecified atom stereocenters. The molecule has 0 radical (unpaired) electrons. The average Bonchev–Trinajstić information content (AvgIpc) is 3.07. The van der Waals surface area contributed by atoms with Crippen LogP contribution in [0.1, 0.15) is 0 Å². The Morgan fingerprint density at radius 3 is 1.55 bits per heavy atom. The summed E-state index contributed by atoms with van der Waals surface area (Å²) >= 11 is 4.98. The summed E-state index contributed by atoms with van der Waals surface area (Å²) in [7, 11) is -0.386. The van der Waals surface area contributed by atoms with E-state index in [0.29, 0.717) is 0 Å². The number of rotatable bonds is 5. The minimum atomic E-state index is -0.386. The molecule has 0 aliphatic rings. The first kappa shape index (κ1) is 27.4. The van der Waals surface area contributed by atoms with Gasteiger partial charge in [-0.3, -0.25) is 9.59 Å². The molecular formula is C38H23O2S4+. The largest absolute Gasteiger partial charge is 0.289 e. The molecule has 0 bridgehead atoms. The zero-order chi connectivity index (χ0) is 29.6. The van der Waals surface area contributed by atoms with Gasteiger partial charge in [-0.1, -0.05) is 54.2 Å². The molecule has 0 aliphatic carbocycles. The predicted molar refractivity (Wildman–Crippen MR) is 190 cm³/mol. The maximum atomic E-state index is 13.5. The average molecular weight is 640 g/mol. The minimum Gasteiger partial charge on any atom is -0.289 e. The van der Waals surface area contributed by atoms with Gasteiger partial charge in [0.25, 0.3) is 0 Å². The Balaban J connectivity index is 1.16. The van der Waals surface area contributed by atoms with E-state index in [1.807, 2.05) is 60.7 Å². The molecule has 0 saturated heterocycles. The van der Waals surface area contributed by atoms with Crippen molar-refractivity contribution in [3.63, 3.8) is 0 Å². The first-order valence-electron chi connectivity index (χ1n) is 14.1. The first-order chi connectivity index (χ1) is 21.6. The summed E-state index contributed by atoms with van der Waals surface area (Å²) in [6.07, 6.45) is 0. The lowest BCUT2D eigenvalue weighted by molar-refractivity contribution is 1.29. The third kappa shape index (κ3) is 4.94. The van der Waals surface area contributed by atoms with Crippen molar-refractivity contribution < 1.29 is 0 Å². The standard InChI is InChI=1S/C38H23O2S4/c39-37-29-10-4-6-12-33(29)42-35-20-16-25(22-31(35)37)41-24-14-17-27(18-15-24)44(26-8-2-1-3-9-26)28-19-21-36-32(23-28)38(40)30-11-5-7-13-34(30)43-36/h1-23H/q+1. The van der Waals surface area contributed by atoms with Crippen LogP contribution >= 0.6 is 34.4 Å². The molecule has 0 fully saturated rings. The summed E-state index contributed by atoms with van der Waals surface area (Å²) in [4.78, 5) is 32.4. The molecule has 2 heterocycles. The molecule has 0 aliphatic heterocycles. The van der Waals surface area contributed by atoms with Crippen LogP contribution in [0.5, 0.6) is 0 Å². The fraction of sp³-hybridized carbons (Fsp3) is 0. The van der Waals surface area contributed by atoms with Gasteiger partial charge in [-0.2, -0.15) is 0 Å². The van der Waals surface area contributed by atoms with Gasteiger partial charge in [0.1, 0.15) is 0 Å². The maximum absolute atomic E-state index is 13.5. The van der Waals surface area contributed by atoms with Crippen LogP contribution in [0.25, 0.3) is 40.3 Å². The molecule has 6 heteroatoms. The minimum absolute atomic E-state index is 0.0875. The summed E-state index contributed by atoms with van der Waals surface area (Å²) in [5.74, 6) is 0. The van der Waals surface area contributed by atoms with E-state index in [1.165, 1.54) is 9.79 Å². The Hall–Kier alpha value is -4.20. The Morgan fingerprint density at radius 2 is 0.886 bits per heavy atom. The third-order valence-corrected chi connectivity index (χ3v) is 13.1. The van der Waals surface area contributed by atoms with Crippen LogP contribution < -0.4 is 10.9 Å². The second kappa shape index (κ2) is 11.4. The van der Waals surface area contributed by atoms with E-state index in [0.717, 1.165) is 55.0 Å². The van der Waals surface area contributed by atoms with Crippen LogP contribution in [0.4, 0.5) is 0 Å². The molecular weight excluding hydrogens is 617 g/mol. The second-order valence-corrected chi connectivity index (χ2v) is 15.7. The van der Waals surface area contributed by atoms with Crippen LogP contribution in [0.2, 0.25) is 0 Å². The predicted octanol–water partition coefficient (Wildman–Crippen LogP) is 10.4. The van der Waals surface area contributed by atoms with Gasteiger partial charge in [0.15, 0.2) is 25.5 Å². The van der Waals surface area contributed by atoms with Crippen molar-refractivity contribution in [2.24, 2.45) is 0 Å². The van der Waals surface area contributed by atoms with Gasteiger partial charge >= 0.3 is 0 Å². The second-order valence-electron chi connectivity index (χ2n) is 10.4. The van der Waals surface area contributed by atoms with Gasteiger partial charge in [0.05, 0.1) is 10.9 Å². The lowest BCUT2D eigenvalue weighted by atomic mass is 10.2. The molecule has 6 aromatic carbocycles. The van der Waals surface area contributed by atoms with Gasteiger partial charge in [-0.25, -0.2) is 0 Å². The Kier molecular flexibility index (Phi) is 7.07. The highest BCUT2D eigenvalue weighted by atomic mass is 32.2. The lowest BCUT2D eigenvalue weighted by Gasteiger charge is -2.10. The van der Waals surface area contributed by atoms with Gasteiger partial charge in [-0.05, 0) is 91.0 Å². The fourth-order valence-electron chi connectivity index (χ4n) is 5.50. The van der Waals surface area contributed by atoms with Crippen LogP contribution in [0, 0.1) is 0 Å². The van der Waals surface area contributed by atoms with Crippen molar-refractivity contribution in [1.29, 1.82) is 0 Å². The quantitative estimate of drug-likeness (QED) is 0.139. The van der Waals surface area contributed by atoms with Crippen LogP contribution in [-0.2, 0) is 10.9 Å². The van der Waals surface area contributed by atoms with Gasteiger partial charge in [0, 0.05) is 56.2 Å². The first-order valence-corrected chi connectivity index (χ1v) is 17.8. The number of fused-ring (bicyclic) bond motifs is 4. The van der Waals surface area contributed by atoms with Gasteiger partial charge < -0.3 is 0 Å². The van der Waals surface area contributed by atoms with E-state index in [1.54, 1.807) is 34.4 Å². The van der Waals surface area contributed by atoms with Crippen molar-refractivity contribution in [3.8, 4) is 0 Å². The summed E-state index contributed by atoms with van der Waals surface area (Å²) in [5, 5.41) is 3.09. The van der Waals surface area contributed by atoms with E-state index in [9.17, 15) is 9.59 Å².